The maximum Gasteiger partial charge on any atom is 0.191 e. The molecule has 0 bridgehead atoms. The fourth-order valence-electron chi connectivity index (χ4n) is 2.16. The van der Waals surface area contributed by atoms with Gasteiger partial charge in [-0.05, 0) is 38.5 Å². The van der Waals surface area contributed by atoms with Crippen molar-refractivity contribution in [3.05, 3.63) is 0 Å². The van der Waals surface area contributed by atoms with Gasteiger partial charge in [0, 0.05) is 19.2 Å². The van der Waals surface area contributed by atoms with Crippen LogP contribution in [0.3, 0.4) is 0 Å². The lowest BCUT2D eigenvalue weighted by molar-refractivity contribution is 0.0224. The van der Waals surface area contributed by atoms with E-state index in [1.807, 2.05) is 0 Å². The molecule has 2 fully saturated rings. The molecule has 0 aromatic rings. The van der Waals surface area contributed by atoms with Crippen LogP contribution < -0.4 is 10.6 Å². The van der Waals surface area contributed by atoms with E-state index in [1.165, 1.54) is 19.3 Å². The minimum atomic E-state index is 0.329. The predicted octanol–water partition coefficient (Wildman–Crippen LogP) is 1.52. The Hall–Kier alpha value is -0.770. The summed E-state index contributed by atoms with van der Waals surface area (Å²) in [5, 5.41) is 6.76. The largest absolute Gasteiger partial charge is 0.376 e. The molecule has 1 saturated carbocycles. The first-order chi connectivity index (χ1) is 8.29. The summed E-state index contributed by atoms with van der Waals surface area (Å²) in [6.45, 7) is 6.98. The molecule has 0 amide bonds. The fourth-order valence-corrected chi connectivity index (χ4v) is 2.16. The second kappa shape index (κ2) is 6.24. The van der Waals surface area contributed by atoms with Crippen molar-refractivity contribution >= 4 is 5.96 Å². The highest BCUT2D eigenvalue weighted by Gasteiger charge is 2.33. The molecular formula is C13H25N3O. The molecule has 4 heteroatoms. The maximum atomic E-state index is 5.69. The number of hydrogen-bond donors (Lipinski definition) is 2. The number of aliphatic imine (C=N–C) groups is 1. The van der Waals surface area contributed by atoms with E-state index in [9.17, 15) is 0 Å². The minimum Gasteiger partial charge on any atom is -0.376 e. The van der Waals surface area contributed by atoms with Gasteiger partial charge in [-0.15, -0.1) is 0 Å². The highest BCUT2D eigenvalue weighted by Crippen LogP contribution is 2.28. The first-order valence-electron chi connectivity index (χ1n) is 6.96. The zero-order valence-electron chi connectivity index (χ0n) is 11.0. The number of nitrogens with one attached hydrogen (secondary N) is 2. The van der Waals surface area contributed by atoms with Crippen molar-refractivity contribution in [2.45, 2.75) is 51.7 Å². The number of hydrogen-bond acceptors (Lipinski definition) is 2. The van der Waals surface area contributed by atoms with Gasteiger partial charge in [0.1, 0.15) is 0 Å². The molecular weight excluding hydrogens is 214 g/mol. The summed E-state index contributed by atoms with van der Waals surface area (Å²) in [4.78, 5) is 4.62. The number of guanidine groups is 1. The van der Waals surface area contributed by atoms with Crippen LogP contribution in [0.2, 0.25) is 0 Å². The highest BCUT2D eigenvalue weighted by atomic mass is 16.5. The lowest BCUT2D eigenvalue weighted by Crippen LogP contribution is -2.40. The number of ether oxygens (including phenoxy) is 1. The Morgan fingerprint density at radius 3 is 2.82 bits per heavy atom. The summed E-state index contributed by atoms with van der Waals surface area (Å²) >= 11 is 0. The zero-order valence-corrected chi connectivity index (χ0v) is 11.0. The van der Waals surface area contributed by atoms with Crippen LogP contribution in [-0.4, -0.2) is 37.8 Å². The van der Waals surface area contributed by atoms with Crippen molar-refractivity contribution in [1.82, 2.24) is 10.6 Å². The van der Waals surface area contributed by atoms with E-state index in [2.05, 4.69) is 29.5 Å². The Bertz CT molecular complexity index is 261. The minimum absolute atomic E-state index is 0.329. The molecule has 0 radical (unpaired) electrons. The van der Waals surface area contributed by atoms with Crippen molar-refractivity contribution in [3.63, 3.8) is 0 Å². The normalized spacial score (nSPS) is 33.3. The molecule has 2 rings (SSSR count). The zero-order chi connectivity index (χ0) is 12.1. The Morgan fingerprint density at radius 1 is 1.41 bits per heavy atom. The van der Waals surface area contributed by atoms with E-state index >= 15 is 0 Å². The molecule has 0 aromatic heterocycles. The van der Waals surface area contributed by atoms with Crippen molar-refractivity contribution in [1.29, 1.82) is 0 Å². The van der Waals surface area contributed by atoms with Gasteiger partial charge in [-0.3, -0.25) is 4.99 Å². The molecule has 1 heterocycles. The summed E-state index contributed by atoms with van der Waals surface area (Å²) in [7, 11) is 0. The quantitative estimate of drug-likeness (QED) is 0.577. The summed E-state index contributed by atoms with van der Waals surface area (Å²) in [6, 6.07) is 0.625. The van der Waals surface area contributed by atoms with Crippen LogP contribution in [0, 0.1) is 5.92 Å². The molecule has 98 valence electrons. The molecule has 3 atom stereocenters. The van der Waals surface area contributed by atoms with Crippen LogP contribution in [0.4, 0.5) is 0 Å². The Kier molecular flexibility index (Phi) is 4.66. The van der Waals surface area contributed by atoms with Crippen LogP contribution >= 0.6 is 0 Å². The first-order valence-corrected chi connectivity index (χ1v) is 6.96. The van der Waals surface area contributed by atoms with Gasteiger partial charge in [0.15, 0.2) is 5.96 Å². The van der Waals surface area contributed by atoms with E-state index in [0.717, 1.165) is 38.0 Å². The van der Waals surface area contributed by atoms with Crippen LogP contribution in [0.5, 0.6) is 0 Å². The lowest BCUT2D eigenvalue weighted by Gasteiger charge is -2.21. The summed E-state index contributed by atoms with van der Waals surface area (Å²) in [5.41, 5.74) is 0. The van der Waals surface area contributed by atoms with Crippen molar-refractivity contribution < 1.29 is 4.74 Å². The Balaban J connectivity index is 1.76. The van der Waals surface area contributed by atoms with E-state index in [1.54, 1.807) is 0 Å². The second-order valence-corrected chi connectivity index (χ2v) is 5.17. The third-order valence-corrected chi connectivity index (χ3v) is 3.50. The van der Waals surface area contributed by atoms with E-state index in [0.29, 0.717) is 12.1 Å². The first kappa shape index (κ1) is 12.7. The average Bonchev–Trinajstić information content (AvgIpc) is 3.04. The molecule has 3 unspecified atom stereocenters. The second-order valence-electron chi connectivity index (χ2n) is 5.17. The third-order valence-electron chi connectivity index (χ3n) is 3.50. The van der Waals surface area contributed by atoms with Crippen molar-refractivity contribution in [2.24, 2.45) is 10.9 Å². The molecule has 0 spiro atoms. The van der Waals surface area contributed by atoms with Crippen molar-refractivity contribution in [2.75, 3.05) is 19.7 Å². The van der Waals surface area contributed by atoms with Gasteiger partial charge in [0.25, 0.3) is 0 Å². The average molecular weight is 239 g/mol. The van der Waals surface area contributed by atoms with Gasteiger partial charge in [0.05, 0.1) is 12.6 Å². The SMILES string of the molecule is CCNC(=NCC1CCCCO1)NC1CC1C. The van der Waals surface area contributed by atoms with Gasteiger partial charge in [-0.1, -0.05) is 6.92 Å². The van der Waals surface area contributed by atoms with Gasteiger partial charge in [-0.2, -0.15) is 0 Å². The van der Waals surface area contributed by atoms with Crippen molar-refractivity contribution in [3.8, 4) is 0 Å². The molecule has 4 nitrogen and oxygen atoms in total. The topological polar surface area (TPSA) is 45.7 Å². The molecule has 0 aromatic carbocycles. The van der Waals surface area contributed by atoms with Crippen LogP contribution in [-0.2, 0) is 4.74 Å². The Morgan fingerprint density at radius 2 is 2.24 bits per heavy atom. The van der Waals surface area contributed by atoms with Crippen LogP contribution in [0.1, 0.15) is 39.5 Å². The number of nitrogens with zero attached hydrogens (tertiary/aromatic N) is 1. The van der Waals surface area contributed by atoms with Crippen LogP contribution in [0.25, 0.3) is 0 Å². The third kappa shape index (κ3) is 4.19. The molecule has 1 aliphatic heterocycles. The van der Waals surface area contributed by atoms with Gasteiger partial charge >= 0.3 is 0 Å². The fraction of sp³-hybridized carbons (Fsp3) is 0.923. The number of rotatable bonds is 4. The predicted molar refractivity (Wildman–Crippen MR) is 70.3 cm³/mol. The smallest absolute Gasteiger partial charge is 0.191 e. The standard InChI is InChI=1S/C13H25N3O/c1-3-14-13(16-12-8-10(12)2)15-9-11-6-4-5-7-17-11/h10-12H,3-9H2,1-2H3,(H2,14,15,16). The van der Waals surface area contributed by atoms with E-state index in [4.69, 9.17) is 4.74 Å². The Labute approximate surface area is 104 Å². The van der Waals surface area contributed by atoms with Gasteiger partial charge < -0.3 is 15.4 Å². The lowest BCUT2D eigenvalue weighted by atomic mass is 10.1. The molecule has 2 N–H and O–H groups in total. The van der Waals surface area contributed by atoms with Gasteiger partial charge in [0.2, 0.25) is 0 Å². The highest BCUT2D eigenvalue weighted by molar-refractivity contribution is 5.80. The monoisotopic (exact) mass is 239 g/mol. The van der Waals surface area contributed by atoms with Gasteiger partial charge in [-0.25, -0.2) is 0 Å². The summed E-state index contributed by atoms with van der Waals surface area (Å²) in [6.07, 6.45) is 5.24. The molecule has 17 heavy (non-hydrogen) atoms. The molecule has 1 saturated heterocycles. The van der Waals surface area contributed by atoms with E-state index < -0.39 is 0 Å². The van der Waals surface area contributed by atoms with E-state index in [-0.39, 0.29) is 0 Å². The summed E-state index contributed by atoms with van der Waals surface area (Å²) in [5.74, 6) is 1.75. The molecule has 1 aliphatic carbocycles. The van der Waals surface area contributed by atoms with Crippen LogP contribution in [0.15, 0.2) is 4.99 Å². The maximum absolute atomic E-state index is 5.69. The summed E-state index contributed by atoms with van der Waals surface area (Å²) < 4.78 is 5.69. The molecule has 2 aliphatic rings.